The minimum Gasteiger partial charge on any atom is -0.345 e. The van der Waals surface area contributed by atoms with Crippen molar-refractivity contribution in [2.75, 3.05) is 14.1 Å². The van der Waals surface area contributed by atoms with E-state index in [-0.39, 0.29) is 11.3 Å². The highest BCUT2D eigenvalue weighted by molar-refractivity contribution is 5.94. The van der Waals surface area contributed by atoms with Crippen LogP contribution in [0, 0.1) is 6.92 Å². The van der Waals surface area contributed by atoms with Gasteiger partial charge in [0.25, 0.3) is 5.91 Å². The molecule has 1 amide bonds. The van der Waals surface area contributed by atoms with E-state index in [0.717, 1.165) is 16.9 Å². The molecule has 0 unspecified atom stereocenters. The molecule has 4 heteroatoms. The molecule has 2 aromatic heterocycles. The molecule has 0 saturated carbocycles. The Labute approximate surface area is 114 Å². The van der Waals surface area contributed by atoms with E-state index in [1.54, 1.807) is 19.0 Å². The lowest BCUT2D eigenvalue weighted by molar-refractivity contribution is 0.0827. The summed E-state index contributed by atoms with van der Waals surface area (Å²) in [6, 6.07) is 1.96. The molecule has 0 fully saturated rings. The molecule has 0 aromatic carbocycles. The van der Waals surface area contributed by atoms with Crippen molar-refractivity contribution in [1.29, 1.82) is 0 Å². The first-order valence-corrected chi connectivity index (χ1v) is 6.41. The molecule has 0 saturated heterocycles. The molecule has 102 valence electrons. The second kappa shape index (κ2) is 4.37. The summed E-state index contributed by atoms with van der Waals surface area (Å²) in [6.45, 7) is 8.40. The number of carbonyl (C=O) groups is 1. The Morgan fingerprint density at radius 2 is 1.95 bits per heavy atom. The van der Waals surface area contributed by atoms with Crippen LogP contribution in [0.3, 0.4) is 0 Å². The van der Waals surface area contributed by atoms with Crippen molar-refractivity contribution in [1.82, 2.24) is 14.3 Å². The highest BCUT2D eigenvalue weighted by Gasteiger charge is 2.22. The maximum absolute atomic E-state index is 12.2. The number of fused-ring (bicyclic) bond motifs is 1. The van der Waals surface area contributed by atoms with Crippen LogP contribution in [0.25, 0.3) is 5.65 Å². The van der Waals surface area contributed by atoms with Crippen molar-refractivity contribution in [3.05, 3.63) is 35.3 Å². The number of pyridine rings is 1. The lowest BCUT2D eigenvalue weighted by Gasteiger charge is -2.21. The molecule has 0 atom stereocenters. The van der Waals surface area contributed by atoms with Crippen molar-refractivity contribution >= 4 is 11.6 Å². The molecule has 0 radical (unpaired) electrons. The van der Waals surface area contributed by atoms with Crippen molar-refractivity contribution in [3.63, 3.8) is 0 Å². The second-order valence-corrected chi connectivity index (χ2v) is 6.19. The van der Waals surface area contributed by atoms with Gasteiger partial charge in [0.15, 0.2) is 0 Å². The number of nitrogens with zero attached hydrogens (tertiary/aromatic N) is 3. The molecule has 0 spiro atoms. The predicted octanol–water partition coefficient (Wildman–Crippen LogP) is 2.64. The highest BCUT2D eigenvalue weighted by atomic mass is 16.2. The number of imidazole rings is 1. The molecule has 2 heterocycles. The van der Waals surface area contributed by atoms with E-state index in [4.69, 9.17) is 0 Å². The zero-order valence-corrected chi connectivity index (χ0v) is 12.5. The van der Waals surface area contributed by atoms with E-state index in [1.165, 1.54) is 0 Å². The van der Waals surface area contributed by atoms with Crippen LogP contribution in [0.4, 0.5) is 0 Å². The summed E-state index contributed by atoms with van der Waals surface area (Å²) in [7, 11) is 3.54. The van der Waals surface area contributed by atoms with E-state index in [2.05, 4.69) is 25.8 Å². The number of amides is 1. The van der Waals surface area contributed by atoms with Crippen LogP contribution in [0.15, 0.2) is 18.5 Å². The third kappa shape index (κ3) is 2.35. The van der Waals surface area contributed by atoms with Crippen LogP contribution in [-0.2, 0) is 5.41 Å². The summed E-state index contributed by atoms with van der Waals surface area (Å²) in [6.07, 6.45) is 3.71. The molecule has 0 aliphatic carbocycles. The molecule has 4 nitrogen and oxygen atoms in total. The van der Waals surface area contributed by atoms with Crippen molar-refractivity contribution in [2.45, 2.75) is 33.1 Å². The highest BCUT2D eigenvalue weighted by Crippen LogP contribution is 2.28. The summed E-state index contributed by atoms with van der Waals surface area (Å²) in [5.74, 6) is 0.0144. The number of carbonyl (C=O) groups excluding carboxylic acids is 1. The topological polar surface area (TPSA) is 37.6 Å². The zero-order chi connectivity index (χ0) is 14.4. The lowest BCUT2D eigenvalue weighted by atomic mass is 9.87. The van der Waals surface area contributed by atoms with Gasteiger partial charge in [-0.2, -0.15) is 0 Å². The van der Waals surface area contributed by atoms with Crippen LogP contribution in [0.2, 0.25) is 0 Å². The van der Waals surface area contributed by atoms with E-state index in [1.807, 2.05) is 29.8 Å². The Bertz CT molecular complexity index is 633. The van der Waals surface area contributed by atoms with E-state index in [9.17, 15) is 4.79 Å². The van der Waals surface area contributed by atoms with Crippen molar-refractivity contribution in [3.8, 4) is 0 Å². The van der Waals surface area contributed by atoms with Gasteiger partial charge in [-0.15, -0.1) is 0 Å². The van der Waals surface area contributed by atoms with Gasteiger partial charge >= 0.3 is 0 Å². The average Bonchev–Trinajstić information content (AvgIpc) is 2.68. The predicted molar refractivity (Wildman–Crippen MR) is 76.6 cm³/mol. The Hall–Kier alpha value is -1.84. The first kappa shape index (κ1) is 13.6. The van der Waals surface area contributed by atoms with Gasteiger partial charge in [-0.3, -0.25) is 4.79 Å². The van der Waals surface area contributed by atoms with E-state index >= 15 is 0 Å². The smallest absolute Gasteiger partial charge is 0.254 e. The minimum absolute atomic E-state index is 0.0144. The van der Waals surface area contributed by atoms with E-state index < -0.39 is 0 Å². The quantitative estimate of drug-likeness (QED) is 0.789. The van der Waals surface area contributed by atoms with Gasteiger partial charge in [0.2, 0.25) is 0 Å². The minimum atomic E-state index is -0.0539. The first-order chi connectivity index (χ1) is 8.71. The van der Waals surface area contributed by atoms with Gasteiger partial charge < -0.3 is 9.30 Å². The molecule has 0 aliphatic rings. The van der Waals surface area contributed by atoms with Gasteiger partial charge in [0.1, 0.15) is 5.65 Å². The van der Waals surface area contributed by atoms with Gasteiger partial charge in [-0.25, -0.2) is 4.98 Å². The lowest BCUT2D eigenvalue weighted by Crippen LogP contribution is -2.23. The molecule has 2 rings (SSSR count). The molecular formula is C15H21N3O. The van der Waals surface area contributed by atoms with Crippen LogP contribution < -0.4 is 0 Å². The maximum Gasteiger partial charge on any atom is 0.254 e. The zero-order valence-electron chi connectivity index (χ0n) is 12.5. The fourth-order valence-corrected chi connectivity index (χ4v) is 2.13. The Balaban J connectivity index is 2.76. The molecule has 0 bridgehead atoms. The van der Waals surface area contributed by atoms with E-state index in [0.29, 0.717) is 5.56 Å². The van der Waals surface area contributed by atoms with Gasteiger partial charge in [-0.05, 0) is 18.4 Å². The Morgan fingerprint density at radius 1 is 1.32 bits per heavy atom. The van der Waals surface area contributed by atoms with Crippen LogP contribution in [-0.4, -0.2) is 34.3 Å². The standard InChI is InChI=1S/C15H21N3O/c1-10-8-16-13-12(15(2,3)4)7-11(9-18(10)13)14(19)17(5)6/h7-9H,1-6H3. The summed E-state index contributed by atoms with van der Waals surface area (Å²) in [5.41, 5.74) is 3.70. The first-order valence-electron chi connectivity index (χ1n) is 6.41. The fraction of sp³-hybridized carbons (Fsp3) is 0.467. The van der Waals surface area contributed by atoms with Crippen molar-refractivity contribution in [2.24, 2.45) is 0 Å². The third-order valence-corrected chi connectivity index (χ3v) is 3.25. The number of aryl methyl sites for hydroxylation is 1. The summed E-state index contributed by atoms with van der Waals surface area (Å²) >= 11 is 0. The normalized spacial score (nSPS) is 11.9. The van der Waals surface area contributed by atoms with Crippen molar-refractivity contribution < 1.29 is 4.79 Å². The molecule has 0 N–H and O–H groups in total. The molecule has 19 heavy (non-hydrogen) atoms. The monoisotopic (exact) mass is 259 g/mol. The summed E-state index contributed by atoms with van der Waals surface area (Å²) in [5, 5.41) is 0. The van der Waals surface area contributed by atoms with Gasteiger partial charge in [0.05, 0.1) is 5.56 Å². The molecular weight excluding hydrogens is 238 g/mol. The fourth-order valence-electron chi connectivity index (χ4n) is 2.13. The Morgan fingerprint density at radius 3 is 2.47 bits per heavy atom. The SMILES string of the molecule is Cc1cnc2c(C(C)(C)C)cc(C(=O)N(C)C)cn12. The number of rotatable bonds is 1. The number of aromatic nitrogens is 2. The number of hydrogen-bond donors (Lipinski definition) is 0. The molecule has 2 aromatic rings. The maximum atomic E-state index is 12.2. The second-order valence-electron chi connectivity index (χ2n) is 6.19. The molecule has 0 aliphatic heterocycles. The third-order valence-electron chi connectivity index (χ3n) is 3.25. The summed E-state index contributed by atoms with van der Waals surface area (Å²) in [4.78, 5) is 18.3. The number of hydrogen-bond acceptors (Lipinski definition) is 2. The van der Waals surface area contributed by atoms with Crippen LogP contribution >= 0.6 is 0 Å². The summed E-state index contributed by atoms with van der Waals surface area (Å²) < 4.78 is 2.00. The van der Waals surface area contributed by atoms with Gasteiger partial charge in [-0.1, -0.05) is 20.8 Å². The largest absolute Gasteiger partial charge is 0.345 e. The van der Waals surface area contributed by atoms with Gasteiger partial charge in [0, 0.05) is 37.7 Å². The van der Waals surface area contributed by atoms with Crippen LogP contribution in [0.5, 0.6) is 0 Å². The van der Waals surface area contributed by atoms with Crippen LogP contribution in [0.1, 0.15) is 42.4 Å². The Kier molecular flexibility index (Phi) is 3.12. The average molecular weight is 259 g/mol.